The maximum absolute atomic E-state index is 3.65. The average Bonchev–Trinajstić information content (AvgIpc) is 2.49. The van der Waals surface area contributed by atoms with Crippen molar-refractivity contribution in [1.82, 2.24) is 5.32 Å². The van der Waals surface area contributed by atoms with Gasteiger partial charge < -0.3 is 10.2 Å². The molecule has 0 amide bonds. The Bertz CT molecular complexity index is 374. The molecule has 120 valence electrons. The average molecular weight is 290 g/mol. The standard InChI is InChI=1S/C19H34N2/c1-5-7-8-9-10-11-15-19(20-6-2)17-13-12-14-18(16-17)21(3)4/h12-14,16,19-20H,5-11,15H2,1-4H3. The minimum Gasteiger partial charge on any atom is -0.378 e. The van der Waals surface area contributed by atoms with E-state index in [0.717, 1.165) is 6.54 Å². The summed E-state index contributed by atoms with van der Waals surface area (Å²) < 4.78 is 0. The Morgan fingerprint density at radius 1 is 1.00 bits per heavy atom. The van der Waals surface area contributed by atoms with Crippen molar-refractivity contribution in [3.05, 3.63) is 29.8 Å². The number of nitrogens with one attached hydrogen (secondary N) is 1. The molecule has 0 saturated heterocycles. The van der Waals surface area contributed by atoms with Gasteiger partial charge in [0.1, 0.15) is 0 Å². The third kappa shape index (κ3) is 6.99. The number of anilines is 1. The minimum absolute atomic E-state index is 0.501. The lowest BCUT2D eigenvalue weighted by molar-refractivity contribution is 0.477. The van der Waals surface area contributed by atoms with Crippen molar-refractivity contribution in [2.45, 2.75) is 64.8 Å². The molecule has 1 aromatic rings. The second-order valence-electron chi connectivity index (χ2n) is 6.16. The van der Waals surface area contributed by atoms with Crippen LogP contribution < -0.4 is 10.2 Å². The van der Waals surface area contributed by atoms with Crippen molar-refractivity contribution in [1.29, 1.82) is 0 Å². The number of benzene rings is 1. The number of rotatable bonds is 11. The highest BCUT2D eigenvalue weighted by molar-refractivity contribution is 5.47. The summed E-state index contributed by atoms with van der Waals surface area (Å²) in [6.45, 7) is 5.51. The van der Waals surface area contributed by atoms with Crippen LogP contribution in [0.15, 0.2) is 24.3 Å². The van der Waals surface area contributed by atoms with E-state index in [1.807, 2.05) is 0 Å². The van der Waals surface area contributed by atoms with Gasteiger partial charge in [-0.2, -0.15) is 0 Å². The Hall–Kier alpha value is -1.02. The molecule has 0 heterocycles. The molecule has 1 rings (SSSR count). The monoisotopic (exact) mass is 290 g/mol. The molecule has 1 unspecified atom stereocenters. The Kier molecular flexibility index (Phi) is 9.16. The number of unbranched alkanes of at least 4 members (excludes halogenated alkanes) is 5. The van der Waals surface area contributed by atoms with Crippen LogP contribution in [0.25, 0.3) is 0 Å². The Morgan fingerprint density at radius 3 is 2.38 bits per heavy atom. The van der Waals surface area contributed by atoms with Crippen molar-refractivity contribution in [2.75, 3.05) is 25.5 Å². The van der Waals surface area contributed by atoms with Crippen LogP contribution >= 0.6 is 0 Å². The molecule has 1 atom stereocenters. The zero-order chi connectivity index (χ0) is 15.5. The van der Waals surface area contributed by atoms with Crippen LogP contribution in [0.4, 0.5) is 5.69 Å². The van der Waals surface area contributed by atoms with Crippen LogP contribution in [0.2, 0.25) is 0 Å². The SMILES string of the molecule is CCCCCCCCC(NCC)c1cccc(N(C)C)c1. The van der Waals surface area contributed by atoms with Gasteiger partial charge >= 0.3 is 0 Å². The number of nitrogens with zero attached hydrogens (tertiary/aromatic N) is 1. The quantitative estimate of drug-likeness (QED) is 0.567. The van der Waals surface area contributed by atoms with Crippen LogP contribution in [0.5, 0.6) is 0 Å². The Labute approximate surface area is 131 Å². The summed E-state index contributed by atoms with van der Waals surface area (Å²) in [5.41, 5.74) is 2.72. The lowest BCUT2D eigenvalue weighted by Crippen LogP contribution is -2.21. The fourth-order valence-electron chi connectivity index (χ4n) is 2.78. The zero-order valence-corrected chi connectivity index (χ0v) is 14.5. The summed E-state index contributed by atoms with van der Waals surface area (Å²) in [5, 5.41) is 3.65. The summed E-state index contributed by atoms with van der Waals surface area (Å²) >= 11 is 0. The number of hydrogen-bond donors (Lipinski definition) is 1. The minimum atomic E-state index is 0.501. The summed E-state index contributed by atoms with van der Waals surface area (Å²) in [7, 11) is 4.21. The second-order valence-corrected chi connectivity index (χ2v) is 6.16. The summed E-state index contributed by atoms with van der Waals surface area (Å²) in [6.07, 6.45) is 9.46. The van der Waals surface area contributed by atoms with E-state index in [1.165, 1.54) is 56.2 Å². The molecule has 0 spiro atoms. The van der Waals surface area contributed by atoms with Gasteiger partial charge in [-0.1, -0.05) is 64.5 Å². The maximum Gasteiger partial charge on any atom is 0.0364 e. The molecule has 21 heavy (non-hydrogen) atoms. The van der Waals surface area contributed by atoms with Gasteiger partial charge in [-0.3, -0.25) is 0 Å². The van der Waals surface area contributed by atoms with Crippen LogP contribution in [0, 0.1) is 0 Å². The van der Waals surface area contributed by atoms with Gasteiger partial charge in [-0.15, -0.1) is 0 Å². The zero-order valence-electron chi connectivity index (χ0n) is 14.5. The highest BCUT2D eigenvalue weighted by atomic mass is 15.1. The van der Waals surface area contributed by atoms with Crippen LogP contribution in [0.3, 0.4) is 0 Å². The van der Waals surface area contributed by atoms with E-state index in [0.29, 0.717) is 6.04 Å². The van der Waals surface area contributed by atoms with Gasteiger partial charge in [0, 0.05) is 25.8 Å². The molecule has 1 N–H and O–H groups in total. The van der Waals surface area contributed by atoms with Gasteiger partial charge in [0.2, 0.25) is 0 Å². The summed E-state index contributed by atoms with van der Waals surface area (Å²) in [5.74, 6) is 0. The fourth-order valence-corrected chi connectivity index (χ4v) is 2.78. The van der Waals surface area contributed by atoms with Crippen molar-refractivity contribution in [2.24, 2.45) is 0 Å². The molecule has 0 bridgehead atoms. The molecular formula is C19H34N2. The molecule has 0 saturated carbocycles. The van der Waals surface area contributed by atoms with Gasteiger partial charge in [-0.05, 0) is 30.7 Å². The van der Waals surface area contributed by atoms with Gasteiger partial charge in [0.25, 0.3) is 0 Å². The van der Waals surface area contributed by atoms with Crippen molar-refractivity contribution >= 4 is 5.69 Å². The maximum atomic E-state index is 3.65. The molecule has 0 radical (unpaired) electrons. The van der Waals surface area contributed by atoms with Gasteiger partial charge in [-0.25, -0.2) is 0 Å². The summed E-state index contributed by atoms with van der Waals surface area (Å²) in [6, 6.07) is 9.44. The first-order chi connectivity index (χ1) is 10.2. The first-order valence-electron chi connectivity index (χ1n) is 8.69. The normalized spacial score (nSPS) is 12.4. The molecule has 0 aliphatic carbocycles. The number of hydrogen-bond acceptors (Lipinski definition) is 2. The highest BCUT2D eigenvalue weighted by Crippen LogP contribution is 2.24. The predicted octanol–water partition coefficient (Wildman–Crippen LogP) is 5.15. The van der Waals surface area contributed by atoms with E-state index in [1.54, 1.807) is 0 Å². The van der Waals surface area contributed by atoms with E-state index in [-0.39, 0.29) is 0 Å². The predicted molar refractivity (Wildman–Crippen MR) is 95.2 cm³/mol. The summed E-state index contributed by atoms with van der Waals surface area (Å²) in [4.78, 5) is 2.18. The highest BCUT2D eigenvalue weighted by Gasteiger charge is 2.10. The van der Waals surface area contributed by atoms with Gasteiger partial charge in [0.05, 0.1) is 0 Å². The third-order valence-electron chi connectivity index (χ3n) is 4.09. The molecule has 2 nitrogen and oxygen atoms in total. The van der Waals surface area contributed by atoms with Gasteiger partial charge in [0.15, 0.2) is 0 Å². The fraction of sp³-hybridized carbons (Fsp3) is 0.684. The van der Waals surface area contributed by atoms with Crippen molar-refractivity contribution < 1.29 is 0 Å². The molecule has 0 aliphatic rings. The molecule has 0 aliphatic heterocycles. The first-order valence-corrected chi connectivity index (χ1v) is 8.69. The topological polar surface area (TPSA) is 15.3 Å². The van der Waals surface area contributed by atoms with Crippen LogP contribution in [-0.4, -0.2) is 20.6 Å². The molecule has 1 aromatic carbocycles. The third-order valence-corrected chi connectivity index (χ3v) is 4.09. The van der Waals surface area contributed by atoms with E-state index >= 15 is 0 Å². The first kappa shape index (κ1) is 18.0. The van der Waals surface area contributed by atoms with E-state index < -0.39 is 0 Å². The van der Waals surface area contributed by atoms with E-state index in [4.69, 9.17) is 0 Å². The van der Waals surface area contributed by atoms with E-state index in [9.17, 15) is 0 Å². The Morgan fingerprint density at radius 2 is 1.71 bits per heavy atom. The molecular weight excluding hydrogens is 256 g/mol. The smallest absolute Gasteiger partial charge is 0.0364 e. The lowest BCUT2D eigenvalue weighted by Gasteiger charge is -2.21. The molecule has 0 fully saturated rings. The van der Waals surface area contributed by atoms with Crippen LogP contribution in [0.1, 0.15) is 70.4 Å². The van der Waals surface area contributed by atoms with E-state index in [2.05, 4.69) is 62.4 Å². The van der Waals surface area contributed by atoms with Crippen LogP contribution in [-0.2, 0) is 0 Å². The lowest BCUT2D eigenvalue weighted by atomic mass is 9.99. The molecule has 0 aromatic heterocycles. The molecule has 2 heteroatoms. The second kappa shape index (κ2) is 10.7. The Balaban J connectivity index is 2.50. The van der Waals surface area contributed by atoms with Crippen molar-refractivity contribution in [3.63, 3.8) is 0 Å². The van der Waals surface area contributed by atoms with Crippen molar-refractivity contribution in [3.8, 4) is 0 Å². The largest absolute Gasteiger partial charge is 0.378 e.